The van der Waals surface area contributed by atoms with E-state index in [1.807, 2.05) is 0 Å². The van der Waals surface area contributed by atoms with Gasteiger partial charge in [0.2, 0.25) is 5.78 Å². The second-order valence-corrected chi connectivity index (χ2v) is 10.2. The van der Waals surface area contributed by atoms with Gasteiger partial charge in [0.25, 0.3) is 0 Å². The van der Waals surface area contributed by atoms with Crippen molar-refractivity contribution < 1.29 is 49.3 Å². The highest BCUT2D eigenvalue weighted by Crippen LogP contribution is 2.52. The topological polar surface area (TPSA) is 213 Å². The van der Waals surface area contributed by atoms with E-state index in [0.717, 1.165) is 0 Å². The average molecular weight is 543 g/mol. The summed E-state index contributed by atoms with van der Waals surface area (Å²) in [5.74, 6) is -2.63. The number of ketones is 2. The van der Waals surface area contributed by atoms with Crippen LogP contribution in [0.1, 0.15) is 68.8 Å². The van der Waals surface area contributed by atoms with Crippen molar-refractivity contribution in [3.05, 3.63) is 51.6 Å². The molecule has 2 aliphatic carbocycles. The number of nitrogens with two attached hydrogens (primary N) is 1. The molecule has 0 bridgehead atoms. The molecule has 1 heterocycles. The van der Waals surface area contributed by atoms with E-state index in [1.54, 1.807) is 6.92 Å². The number of aliphatic hydroxyl groups excluding tert-OH is 2. The predicted octanol–water partition coefficient (Wildman–Crippen LogP) is 0.452. The number of hydrogen-bond acceptors (Lipinski definition) is 12. The highest BCUT2D eigenvalue weighted by molar-refractivity contribution is 6.31. The standard InChI is InChI=1S/C27H30N2O10/c1-10-22(31)13(28)6-17(38-10)39-15-8-27(36,16(29)9-30)7-12-19(15)26(35)21-20(24(12)33)23(32)11-4-3-5-14(37-2)18(11)25(21)34/h3-5,10,13,15,17,22,29-31,33,35-36H,6-9,28H2,1-2H3/t10?,13?,15-,17-,22?,27?/m0/s1. The third-order valence-electron chi connectivity index (χ3n) is 7.86. The lowest BCUT2D eigenvalue weighted by atomic mass is 9.71. The second-order valence-electron chi connectivity index (χ2n) is 10.2. The maximum atomic E-state index is 13.7. The van der Waals surface area contributed by atoms with E-state index in [-0.39, 0.29) is 40.8 Å². The fourth-order valence-electron chi connectivity index (χ4n) is 5.77. The summed E-state index contributed by atoms with van der Waals surface area (Å²) in [6, 6.07) is 3.71. The first kappa shape index (κ1) is 27.2. The molecule has 12 nitrogen and oxygen atoms in total. The third kappa shape index (κ3) is 4.11. The molecule has 8 N–H and O–H groups in total. The van der Waals surface area contributed by atoms with Crippen LogP contribution < -0.4 is 10.5 Å². The quantitative estimate of drug-likeness (QED) is 0.174. The molecule has 1 saturated heterocycles. The van der Waals surface area contributed by atoms with Gasteiger partial charge in [-0.3, -0.25) is 9.59 Å². The van der Waals surface area contributed by atoms with Gasteiger partial charge < -0.3 is 50.9 Å². The fourth-order valence-corrected chi connectivity index (χ4v) is 5.77. The van der Waals surface area contributed by atoms with Crippen LogP contribution in [0.2, 0.25) is 0 Å². The fraction of sp³-hybridized carbons (Fsp3) is 0.444. The number of phenolic OH excluding ortho intramolecular Hbond substituents is 2. The number of methoxy groups -OCH3 is 1. The van der Waals surface area contributed by atoms with E-state index in [0.29, 0.717) is 0 Å². The number of ether oxygens (including phenoxy) is 3. The molecule has 1 fully saturated rings. The molecule has 12 heteroatoms. The van der Waals surface area contributed by atoms with Crippen molar-refractivity contribution in [2.24, 2.45) is 5.73 Å². The van der Waals surface area contributed by atoms with Crippen molar-refractivity contribution >= 4 is 17.3 Å². The van der Waals surface area contributed by atoms with E-state index in [1.165, 1.54) is 25.3 Å². The Balaban J connectivity index is 1.69. The Morgan fingerprint density at radius 2 is 1.87 bits per heavy atom. The van der Waals surface area contributed by atoms with Crippen LogP contribution in [-0.2, 0) is 15.9 Å². The SMILES string of the molecule is COc1cccc2c1C(=O)c1c(O)c3c(c(O)c1C2=O)CC(O)(C(=N)CO)C[C@@H]3O[C@H]1CC(N)C(O)C(C)O1. The third-order valence-corrected chi connectivity index (χ3v) is 7.86. The van der Waals surface area contributed by atoms with Crippen molar-refractivity contribution in [2.75, 3.05) is 13.7 Å². The molecule has 0 spiro atoms. The van der Waals surface area contributed by atoms with Gasteiger partial charge in [-0.2, -0.15) is 0 Å². The van der Waals surface area contributed by atoms with Crippen LogP contribution in [0.25, 0.3) is 0 Å². The van der Waals surface area contributed by atoms with Crippen LogP contribution in [0.5, 0.6) is 17.2 Å². The van der Waals surface area contributed by atoms with Gasteiger partial charge >= 0.3 is 0 Å². The van der Waals surface area contributed by atoms with Gasteiger partial charge in [-0.05, 0) is 13.0 Å². The first-order valence-electron chi connectivity index (χ1n) is 12.5. The number of hydrogen-bond donors (Lipinski definition) is 7. The number of fused-ring (bicyclic) bond motifs is 3. The number of carbonyl (C=O) groups excluding carboxylic acids is 2. The monoisotopic (exact) mass is 542 g/mol. The summed E-state index contributed by atoms with van der Waals surface area (Å²) in [6.45, 7) is 0.802. The lowest BCUT2D eigenvalue weighted by Crippen LogP contribution is -2.53. The van der Waals surface area contributed by atoms with Crippen molar-refractivity contribution in [2.45, 2.75) is 62.4 Å². The molecule has 0 amide bonds. The summed E-state index contributed by atoms with van der Waals surface area (Å²) in [7, 11) is 1.33. The molecular formula is C27H30N2O10. The summed E-state index contributed by atoms with van der Waals surface area (Å²) >= 11 is 0. The predicted molar refractivity (Wildman–Crippen MR) is 134 cm³/mol. The van der Waals surface area contributed by atoms with Gasteiger partial charge in [-0.15, -0.1) is 0 Å². The van der Waals surface area contributed by atoms with Crippen molar-refractivity contribution in [3.63, 3.8) is 0 Å². The van der Waals surface area contributed by atoms with Crippen LogP contribution in [0.3, 0.4) is 0 Å². The van der Waals surface area contributed by atoms with Crippen molar-refractivity contribution in [1.29, 1.82) is 5.41 Å². The van der Waals surface area contributed by atoms with Crippen LogP contribution in [0.4, 0.5) is 0 Å². The Morgan fingerprint density at radius 1 is 1.18 bits per heavy atom. The Hall–Kier alpha value is -3.39. The van der Waals surface area contributed by atoms with E-state index < -0.39 is 89.2 Å². The smallest absolute Gasteiger partial charge is 0.202 e. The lowest BCUT2D eigenvalue weighted by Gasteiger charge is -2.42. The lowest BCUT2D eigenvalue weighted by molar-refractivity contribution is -0.245. The van der Waals surface area contributed by atoms with Gasteiger partial charge in [0.05, 0.1) is 54.4 Å². The molecule has 39 heavy (non-hydrogen) atoms. The van der Waals surface area contributed by atoms with Gasteiger partial charge in [0.1, 0.15) is 22.8 Å². The number of benzene rings is 2. The molecule has 2 aromatic rings. The first-order valence-corrected chi connectivity index (χ1v) is 12.5. The number of aliphatic hydroxyl groups is 3. The number of phenols is 2. The normalized spacial score (nSPS) is 29.8. The molecule has 0 saturated carbocycles. The summed E-state index contributed by atoms with van der Waals surface area (Å²) in [4.78, 5) is 27.2. The molecule has 5 rings (SSSR count). The molecule has 3 aliphatic rings. The highest BCUT2D eigenvalue weighted by Gasteiger charge is 2.49. The summed E-state index contributed by atoms with van der Waals surface area (Å²) in [5.41, 5.74) is 2.40. The Kier molecular flexibility index (Phi) is 6.74. The maximum absolute atomic E-state index is 13.7. The molecule has 2 aromatic carbocycles. The highest BCUT2D eigenvalue weighted by atomic mass is 16.7. The maximum Gasteiger partial charge on any atom is 0.202 e. The van der Waals surface area contributed by atoms with Gasteiger partial charge in [0.15, 0.2) is 12.1 Å². The van der Waals surface area contributed by atoms with Crippen LogP contribution >= 0.6 is 0 Å². The molecule has 208 valence electrons. The largest absolute Gasteiger partial charge is 0.507 e. The summed E-state index contributed by atoms with van der Waals surface area (Å²) < 4.78 is 17.1. The van der Waals surface area contributed by atoms with E-state index in [9.17, 15) is 35.1 Å². The molecule has 0 radical (unpaired) electrons. The van der Waals surface area contributed by atoms with E-state index >= 15 is 0 Å². The number of nitrogens with one attached hydrogen (secondary N) is 1. The van der Waals surface area contributed by atoms with E-state index in [4.69, 9.17) is 25.4 Å². The van der Waals surface area contributed by atoms with Crippen LogP contribution in [-0.4, -0.2) is 86.7 Å². The van der Waals surface area contributed by atoms with Crippen LogP contribution in [0, 0.1) is 5.41 Å². The van der Waals surface area contributed by atoms with Gasteiger partial charge in [-0.1, -0.05) is 12.1 Å². The molecule has 4 unspecified atom stereocenters. The van der Waals surface area contributed by atoms with Crippen molar-refractivity contribution in [3.8, 4) is 17.2 Å². The summed E-state index contributed by atoms with van der Waals surface area (Å²) in [5, 5.41) is 62.2. The first-order chi connectivity index (χ1) is 18.4. The minimum absolute atomic E-state index is 0.0272. The molecule has 0 aromatic heterocycles. The number of aromatic hydroxyl groups is 2. The minimum atomic E-state index is -2.02. The van der Waals surface area contributed by atoms with Gasteiger partial charge in [-0.25, -0.2) is 0 Å². The zero-order valence-electron chi connectivity index (χ0n) is 21.3. The zero-order valence-corrected chi connectivity index (χ0v) is 21.3. The molecule has 1 aliphatic heterocycles. The van der Waals surface area contributed by atoms with Crippen LogP contribution in [0.15, 0.2) is 18.2 Å². The number of carbonyl (C=O) groups is 2. The van der Waals surface area contributed by atoms with Crippen molar-refractivity contribution in [1.82, 2.24) is 0 Å². The Bertz CT molecular complexity index is 1380. The second kappa shape index (κ2) is 9.66. The number of rotatable bonds is 5. The van der Waals surface area contributed by atoms with E-state index in [2.05, 4.69) is 0 Å². The zero-order chi connectivity index (χ0) is 28.4. The summed E-state index contributed by atoms with van der Waals surface area (Å²) in [6.07, 6.45) is -4.68. The van der Waals surface area contributed by atoms with Gasteiger partial charge in [0, 0.05) is 42.0 Å². The molecule has 6 atom stereocenters. The Labute approximate surface area is 223 Å². The molecular weight excluding hydrogens is 512 g/mol. The Morgan fingerprint density at radius 3 is 2.51 bits per heavy atom. The average Bonchev–Trinajstić information content (AvgIpc) is 2.90. The minimum Gasteiger partial charge on any atom is -0.507 e.